The van der Waals surface area contributed by atoms with Crippen LogP contribution in [0.2, 0.25) is 0 Å². The van der Waals surface area contributed by atoms with Gasteiger partial charge in [-0.15, -0.1) is 0 Å². The summed E-state index contributed by atoms with van der Waals surface area (Å²) in [5.41, 5.74) is 9.72. The summed E-state index contributed by atoms with van der Waals surface area (Å²) in [6.45, 7) is 4.10. The second-order valence-electron chi connectivity index (χ2n) is 4.81. The SMILES string of the molecule is Cc1cc(C)nc(Sc2ccnc3cc(N)ccc23)c1. The second kappa shape index (κ2) is 5.13. The first-order valence-electron chi connectivity index (χ1n) is 6.39. The molecular formula is C16H15N3S. The number of hydrogen-bond donors (Lipinski definition) is 1. The predicted molar refractivity (Wildman–Crippen MR) is 84.0 cm³/mol. The molecule has 0 atom stereocenters. The molecule has 3 rings (SSSR count). The van der Waals surface area contributed by atoms with Crippen LogP contribution in [0, 0.1) is 13.8 Å². The highest BCUT2D eigenvalue weighted by Crippen LogP contribution is 2.32. The number of rotatable bonds is 2. The standard InChI is InChI=1S/C16H15N3S/c1-10-7-11(2)19-16(8-10)20-15-5-6-18-14-9-12(17)3-4-13(14)15/h3-9H,17H2,1-2H3. The Labute approximate surface area is 122 Å². The molecule has 0 unspecified atom stereocenters. The summed E-state index contributed by atoms with van der Waals surface area (Å²) < 4.78 is 0. The number of aryl methyl sites for hydroxylation is 2. The Morgan fingerprint density at radius 3 is 2.70 bits per heavy atom. The molecule has 3 aromatic rings. The van der Waals surface area contributed by atoms with Crippen molar-refractivity contribution in [3.8, 4) is 0 Å². The molecule has 0 fully saturated rings. The summed E-state index contributed by atoms with van der Waals surface area (Å²) >= 11 is 1.66. The van der Waals surface area contributed by atoms with E-state index in [0.29, 0.717) is 0 Å². The zero-order valence-corrected chi connectivity index (χ0v) is 12.2. The van der Waals surface area contributed by atoms with Crippen LogP contribution in [0.4, 0.5) is 5.69 Å². The van der Waals surface area contributed by atoms with Gasteiger partial charge in [0.05, 0.1) is 5.52 Å². The van der Waals surface area contributed by atoms with Crippen LogP contribution in [0.3, 0.4) is 0 Å². The van der Waals surface area contributed by atoms with Crippen LogP contribution in [0.25, 0.3) is 10.9 Å². The molecule has 0 amide bonds. The first-order valence-corrected chi connectivity index (χ1v) is 7.21. The van der Waals surface area contributed by atoms with Crippen molar-refractivity contribution in [1.82, 2.24) is 9.97 Å². The van der Waals surface area contributed by atoms with E-state index in [2.05, 4.69) is 29.0 Å². The fourth-order valence-electron chi connectivity index (χ4n) is 2.20. The molecule has 2 heterocycles. The van der Waals surface area contributed by atoms with Crippen LogP contribution in [0.1, 0.15) is 11.3 Å². The third kappa shape index (κ3) is 2.60. The van der Waals surface area contributed by atoms with Crippen LogP contribution < -0.4 is 5.73 Å². The van der Waals surface area contributed by atoms with Crippen LogP contribution in [-0.2, 0) is 0 Å². The molecule has 20 heavy (non-hydrogen) atoms. The average Bonchev–Trinajstić information content (AvgIpc) is 2.37. The lowest BCUT2D eigenvalue weighted by molar-refractivity contribution is 1.05. The van der Waals surface area contributed by atoms with E-state index in [1.807, 2.05) is 37.4 Å². The Morgan fingerprint density at radius 2 is 1.90 bits per heavy atom. The molecule has 0 radical (unpaired) electrons. The van der Waals surface area contributed by atoms with Gasteiger partial charge in [0.1, 0.15) is 5.03 Å². The Bertz CT molecular complexity index is 764. The van der Waals surface area contributed by atoms with E-state index in [0.717, 1.165) is 32.2 Å². The highest BCUT2D eigenvalue weighted by Gasteiger charge is 2.06. The minimum atomic E-state index is 0.733. The minimum Gasteiger partial charge on any atom is -0.399 e. The smallest absolute Gasteiger partial charge is 0.101 e. The maximum absolute atomic E-state index is 5.81. The first kappa shape index (κ1) is 12.9. The summed E-state index contributed by atoms with van der Waals surface area (Å²) in [5, 5.41) is 2.11. The molecule has 0 spiro atoms. The summed E-state index contributed by atoms with van der Waals surface area (Å²) in [6, 6.07) is 12.0. The zero-order chi connectivity index (χ0) is 14.1. The summed E-state index contributed by atoms with van der Waals surface area (Å²) in [7, 11) is 0. The summed E-state index contributed by atoms with van der Waals surface area (Å²) in [6.07, 6.45) is 1.81. The maximum atomic E-state index is 5.81. The van der Waals surface area contributed by atoms with Gasteiger partial charge in [-0.1, -0.05) is 11.8 Å². The van der Waals surface area contributed by atoms with Gasteiger partial charge in [-0.25, -0.2) is 4.98 Å². The number of nitrogens with zero attached hydrogens (tertiary/aromatic N) is 2. The molecule has 0 aliphatic heterocycles. The minimum absolute atomic E-state index is 0.733. The van der Waals surface area contributed by atoms with E-state index in [1.165, 1.54) is 5.56 Å². The van der Waals surface area contributed by atoms with Crippen molar-refractivity contribution in [3.63, 3.8) is 0 Å². The molecule has 4 heteroatoms. The number of hydrogen-bond acceptors (Lipinski definition) is 4. The van der Waals surface area contributed by atoms with Gasteiger partial charge in [0.25, 0.3) is 0 Å². The highest BCUT2D eigenvalue weighted by atomic mass is 32.2. The molecule has 3 nitrogen and oxygen atoms in total. The zero-order valence-electron chi connectivity index (χ0n) is 11.4. The summed E-state index contributed by atoms with van der Waals surface area (Å²) in [4.78, 5) is 10.1. The molecule has 2 N–H and O–H groups in total. The van der Waals surface area contributed by atoms with Gasteiger partial charge in [0.2, 0.25) is 0 Å². The van der Waals surface area contributed by atoms with Gasteiger partial charge in [-0.05, 0) is 55.8 Å². The van der Waals surface area contributed by atoms with Crippen molar-refractivity contribution in [2.45, 2.75) is 23.8 Å². The third-order valence-electron chi connectivity index (χ3n) is 3.02. The summed E-state index contributed by atoms with van der Waals surface area (Å²) in [5.74, 6) is 0. The lowest BCUT2D eigenvalue weighted by atomic mass is 10.2. The van der Waals surface area contributed by atoms with Gasteiger partial charge in [0, 0.05) is 27.9 Å². The number of benzene rings is 1. The number of nitrogens with two attached hydrogens (primary N) is 1. The number of pyridine rings is 2. The Kier molecular flexibility index (Phi) is 3.32. The fraction of sp³-hybridized carbons (Fsp3) is 0.125. The van der Waals surface area contributed by atoms with Crippen LogP contribution in [-0.4, -0.2) is 9.97 Å². The lowest BCUT2D eigenvalue weighted by Gasteiger charge is -2.07. The number of fused-ring (bicyclic) bond motifs is 1. The topological polar surface area (TPSA) is 51.8 Å². The van der Waals surface area contributed by atoms with Crippen LogP contribution >= 0.6 is 11.8 Å². The molecule has 100 valence electrons. The maximum Gasteiger partial charge on any atom is 0.101 e. The van der Waals surface area contributed by atoms with Crippen molar-refractivity contribution in [3.05, 3.63) is 53.9 Å². The van der Waals surface area contributed by atoms with Gasteiger partial charge in [0.15, 0.2) is 0 Å². The Morgan fingerprint density at radius 1 is 1.05 bits per heavy atom. The van der Waals surface area contributed by atoms with E-state index < -0.39 is 0 Å². The Balaban J connectivity index is 2.06. The van der Waals surface area contributed by atoms with Crippen LogP contribution in [0.15, 0.2) is 52.5 Å². The van der Waals surface area contributed by atoms with Gasteiger partial charge in [-0.2, -0.15) is 0 Å². The molecule has 1 aromatic carbocycles. The number of anilines is 1. The number of nitrogen functional groups attached to an aromatic ring is 1. The van der Waals surface area contributed by atoms with E-state index in [4.69, 9.17) is 5.73 Å². The third-order valence-corrected chi connectivity index (χ3v) is 4.01. The molecular weight excluding hydrogens is 266 g/mol. The first-order chi connectivity index (χ1) is 9.61. The van der Waals surface area contributed by atoms with Crippen molar-refractivity contribution < 1.29 is 0 Å². The van der Waals surface area contributed by atoms with Gasteiger partial charge >= 0.3 is 0 Å². The second-order valence-corrected chi connectivity index (χ2v) is 5.87. The van der Waals surface area contributed by atoms with Crippen molar-refractivity contribution >= 4 is 28.4 Å². The van der Waals surface area contributed by atoms with Crippen molar-refractivity contribution in [2.24, 2.45) is 0 Å². The fourth-order valence-corrected chi connectivity index (χ4v) is 3.27. The average molecular weight is 281 g/mol. The highest BCUT2D eigenvalue weighted by molar-refractivity contribution is 7.99. The van der Waals surface area contributed by atoms with E-state index in [1.54, 1.807) is 11.8 Å². The molecule has 0 saturated heterocycles. The Hall–Kier alpha value is -2.07. The largest absolute Gasteiger partial charge is 0.399 e. The molecule has 0 bridgehead atoms. The van der Waals surface area contributed by atoms with E-state index in [9.17, 15) is 0 Å². The molecule has 0 saturated carbocycles. The van der Waals surface area contributed by atoms with Crippen molar-refractivity contribution in [2.75, 3.05) is 5.73 Å². The molecule has 0 aliphatic carbocycles. The molecule has 0 aliphatic rings. The monoisotopic (exact) mass is 281 g/mol. The van der Waals surface area contributed by atoms with E-state index in [-0.39, 0.29) is 0 Å². The van der Waals surface area contributed by atoms with Crippen molar-refractivity contribution in [1.29, 1.82) is 0 Å². The van der Waals surface area contributed by atoms with E-state index >= 15 is 0 Å². The molecule has 2 aromatic heterocycles. The predicted octanol–water partition coefficient (Wildman–Crippen LogP) is 3.98. The number of aromatic nitrogens is 2. The normalized spacial score (nSPS) is 10.9. The van der Waals surface area contributed by atoms with Gasteiger partial charge in [-0.3, -0.25) is 4.98 Å². The lowest BCUT2D eigenvalue weighted by Crippen LogP contribution is -1.89. The van der Waals surface area contributed by atoms with Gasteiger partial charge < -0.3 is 5.73 Å². The quantitative estimate of drug-likeness (QED) is 0.722. The van der Waals surface area contributed by atoms with Crippen LogP contribution in [0.5, 0.6) is 0 Å².